The Balaban J connectivity index is 1.60. The molecule has 23 heavy (non-hydrogen) atoms. The van der Waals surface area contributed by atoms with Crippen molar-refractivity contribution in [3.63, 3.8) is 0 Å². The zero-order chi connectivity index (χ0) is 16.8. The van der Waals surface area contributed by atoms with E-state index in [-0.39, 0.29) is 16.9 Å². The Bertz CT molecular complexity index is 593. The van der Waals surface area contributed by atoms with Gasteiger partial charge in [-0.2, -0.15) is 0 Å². The van der Waals surface area contributed by atoms with Crippen molar-refractivity contribution >= 4 is 11.7 Å². The molecule has 5 nitrogen and oxygen atoms in total. The molecule has 2 aliphatic carbocycles. The first-order valence-electron chi connectivity index (χ1n) is 8.18. The molecule has 0 spiro atoms. The minimum atomic E-state index is -0.377. The first-order chi connectivity index (χ1) is 10.7. The number of esters is 1. The third kappa shape index (κ3) is 2.62. The molecule has 2 aliphatic rings. The predicted octanol–water partition coefficient (Wildman–Crippen LogP) is 4.00. The number of nitrogens with zero attached hydrogens (tertiary/aromatic N) is 1. The van der Waals surface area contributed by atoms with E-state index in [1.54, 1.807) is 0 Å². The topological polar surface area (TPSA) is 72.8 Å². The first-order valence-corrected chi connectivity index (χ1v) is 8.18. The molecule has 0 aliphatic heterocycles. The Morgan fingerprint density at radius 2 is 2.00 bits per heavy atom. The van der Waals surface area contributed by atoms with Gasteiger partial charge >= 0.3 is 5.97 Å². The number of hydrogen-bond donors (Lipinski definition) is 1. The minimum absolute atomic E-state index is 0.0873. The molecular formula is C18H24NO4-. The van der Waals surface area contributed by atoms with Crippen LogP contribution in [0.25, 0.3) is 0 Å². The second-order valence-electron chi connectivity index (χ2n) is 7.81. The van der Waals surface area contributed by atoms with Gasteiger partial charge in [-0.15, -0.1) is 0 Å². The largest absolute Gasteiger partial charge is 0.733 e. The van der Waals surface area contributed by atoms with Gasteiger partial charge in [0, 0.05) is 0 Å². The van der Waals surface area contributed by atoms with Gasteiger partial charge in [-0.05, 0) is 66.2 Å². The van der Waals surface area contributed by atoms with Crippen LogP contribution < -0.4 is 5.23 Å². The van der Waals surface area contributed by atoms with Crippen LogP contribution in [0.2, 0.25) is 0 Å². The van der Waals surface area contributed by atoms with Crippen molar-refractivity contribution < 1.29 is 14.7 Å². The Hall–Kier alpha value is -1.59. The maximum absolute atomic E-state index is 12.2. The summed E-state index contributed by atoms with van der Waals surface area (Å²) in [6.45, 7) is 7.50. The molecule has 1 N–H and O–H groups in total. The molecule has 2 bridgehead atoms. The lowest BCUT2D eigenvalue weighted by atomic mass is 9.71. The standard InChI is InChI=1S/C18H24NO4/c1-17(2)15-8-9-18(17,3)10-13(15)11-23-16(20)12-4-6-14(7-5-12)19(21)22/h4-7,13,15,21H,8-11H2,1-3H3/q-1. The number of rotatable bonds is 4. The van der Waals surface area contributed by atoms with E-state index < -0.39 is 0 Å². The van der Waals surface area contributed by atoms with E-state index in [9.17, 15) is 10.0 Å². The van der Waals surface area contributed by atoms with E-state index >= 15 is 0 Å². The van der Waals surface area contributed by atoms with Gasteiger partial charge in [0.2, 0.25) is 0 Å². The fourth-order valence-electron chi connectivity index (χ4n) is 4.68. The van der Waals surface area contributed by atoms with Crippen molar-refractivity contribution in [1.82, 2.24) is 0 Å². The van der Waals surface area contributed by atoms with Gasteiger partial charge in [0.1, 0.15) is 0 Å². The monoisotopic (exact) mass is 318 g/mol. The van der Waals surface area contributed by atoms with Crippen LogP contribution in [-0.4, -0.2) is 17.8 Å². The van der Waals surface area contributed by atoms with Crippen LogP contribution in [0.1, 0.15) is 50.4 Å². The molecule has 1 aromatic rings. The zero-order valence-electron chi connectivity index (χ0n) is 13.9. The van der Waals surface area contributed by atoms with Gasteiger partial charge in [-0.1, -0.05) is 20.8 Å². The average Bonchev–Trinajstić information content (AvgIpc) is 2.85. The highest BCUT2D eigenvalue weighted by Crippen LogP contribution is 2.67. The van der Waals surface area contributed by atoms with Gasteiger partial charge < -0.3 is 15.2 Å². The molecule has 3 rings (SSSR count). The van der Waals surface area contributed by atoms with Crippen LogP contribution in [0.15, 0.2) is 24.3 Å². The second-order valence-corrected chi connectivity index (χ2v) is 7.81. The van der Waals surface area contributed by atoms with Gasteiger partial charge in [0.15, 0.2) is 0 Å². The van der Waals surface area contributed by atoms with Crippen LogP contribution in [0.3, 0.4) is 0 Å². The summed E-state index contributed by atoms with van der Waals surface area (Å²) in [4.78, 5) is 12.2. The molecule has 0 aromatic heterocycles. The summed E-state index contributed by atoms with van der Waals surface area (Å²) < 4.78 is 5.51. The summed E-state index contributed by atoms with van der Waals surface area (Å²) in [5.74, 6) is 0.672. The quantitative estimate of drug-likeness (QED) is 0.671. The van der Waals surface area contributed by atoms with E-state index in [2.05, 4.69) is 20.8 Å². The molecule has 5 heteroatoms. The maximum atomic E-state index is 12.2. The smallest absolute Gasteiger partial charge is 0.338 e. The van der Waals surface area contributed by atoms with Crippen molar-refractivity contribution in [2.24, 2.45) is 22.7 Å². The van der Waals surface area contributed by atoms with Gasteiger partial charge in [0.05, 0.1) is 17.9 Å². The summed E-state index contributed by atoms with van der Waals surface area (Å²) in [5.41, 5.74) is 1.15. The fourth-order valence-corrected chi connectivity index (χ4v) is 4.68. The summed E-state index contributed by atoms with van der Waals surface area (Å²) in [6, 6.07) is 5.77. The third-order valence-electron chi connectivity index (χ3n) is 6.52. The lowest BCUT2D eigenvalue weighted by Gasteiger charge is -2.34. The molecule has 2 saturated carbocycles. The highest BCUT2D eigenvalue weighted by atomic mass is 16.8. The summed E-state index contributed by atoms with van der Waals surface area (Å²) in [7, 11) is 0. The summed E-state index contributed by atoms with van der Waals surface area (Å²) >= 11 is 0. The molecule has 0 radical (unpaired) electrons. The lowest BCUT2D eigenvalue weighted by Crippen LogP contribution is -2.26. The van der Waals surface area contributed by atoms with Crippen molar-refractivity contribution in [2.45, 2.75) is 40.0 Å². The molecule has 3 atom stereocenters. The maximum Gasteiger partial charge on any atom is 0.338 e. The molecule has 1 aromatic carbocycles. The highest BCUT2D eigenvalue weighted by molar-refractivity contribution is 5.89. The zero-order valence-corrected chi connectivity index (χ0v) is 13.9. The van der Waals surface area contributed by atoms with E-state index in [1.165, 1.54) is 37.1 Å². The molecule has 0 amide bonds. The van der Waals surface area contributed by atoms with Crippen LogP contribution in [0.5, 0.6) is 0 Å². The lowest BCUT2D eigenvalue weighted by molar-refractivity contribution is 0.0373. The van der Waals surface area contributed by atoms with Crippen LogP contribution in [-0.2, 0) is 4.74 Å². The normalized spacial score (nSPS) is 31.2. The Morgan fingerprint density at radius 1 is 1.35 bits per heavy atom. The van der Waals surface area contributed by atoms with Gasteiger partial charge in [0.25, 0.3) is 0 Å². The van der Waals surface area contributed by atoms with Gasteiger partial charge in [-0.25, -0.2) is 4.79 Å². The number of ether oxygens (including phenoxy) is 1. The molecule has 2 fully saturated rings. The molecular weight excluding hydrogens is 294 g/mol. The van der Waals surface area contributed by atoms with E-state index in [0.29, 0.717) is 34.8 Å². The summed E-state index contributed by atoms with van der Waals surface area (Å²) in [5, 5.41) is 19.3. The van der Waals surface area contributed by atoms with Crippen molar-refractivity contribution in [3.05, 3.63) is 35.0 Å². The van der Waals surface area contributed by atoms with Crippen LogP contribution in [0.4, 0.5) is 5.69 Å². The number of carbonyl (C=O) groups is 1. The number of carbonyl (C=O) groups excluding carboxylic acids is 1. The third-order valence-corrected chi connectivity index (χ3v) is 6.52. The molecule has 126 valence electrons. The molecule has 0 saturated heterocycles. The number of benzene rings is 1. The van der Waals surface area contributed by atoms with Crippen LogP contribution in [0, 0.1) is 27.9 Å². The van der Waals surface area contributed by atoms with E-state index in [0.717, 1.165) is 6.42 Å². The SMILES string of the molecule is CC12CCC(C(COC(=O)c3ccc(N([O-])O)cc3)C1)C2(C)C. The van der Waals surface area contributed by atoms with Gasteiger partial charge in [-0.3, -0.25) is 5.21 Å². The van der Waals surface area contributed by atoms with Crippen molar-refractivity contribution in [1.29, 1.82) is 0 Å². The van der Waals surface area contributed by atoms with Crippen LogP contribution >= 0.6 is 0 Å². The highest BCUT2D eigenvalue weighted by Gasteiger charge is 2.60. The van der Waals surface area contributed by atoms with Crippen molar-refractivity contribution in [3.8, 4) is 0 Å². The Labute approximate surface area is 136 Å². The predicted molar refractivity (Wildman–Crippen MR) is 87.1 cm³/mol. The fraction of sp³-hybridized carbons (Fsp3) is 0.611. The van der Waals surface area contributed by atoms with E-state index in [1.807, 2.05) is 0 Å². The Kier molecular flexibility index (Phi) is 3.89. The number of hydrogen-bond acceptors (Lipinski definition) is 5. The average molecular weight is 318 g/mol. The molecule has 3 unspecified atom stereocenters. The Morgan fingerprint density at radius 3 is 2.48 bits per heavy atom. The number of fused-ring (bicyclic) bond motifs is 2. The molecule has 0 heterocycles. The second kappa shape index (κ2) is 5.49. The first kappa shape index (κ1) is 16.3. The number of anilines is 1. The summed E-state index contributed by atoms with van der Waals surface area (Å²) in [6.07, 6.45) is 3.60. The van der Waals surface area contributed by atoms with Crippen molar-refractivity contribution in [2.75, 3.05) is 11.8 Å². The van der Waals surface area contributed by atoms with E-state index in [4.69, 9.17) is 9.94 Å². The minimum Gasteiger partial charge on any atom is -0.733 e.